The van der Waals surface area contributed by atoms with Crippen LogP contribution in [0.2, 0.25) is 0 Å². The third-order valence-corrected chi connectivity index (χ3v) is 5.58. The third-order valence-electron chi connectivity index (χ3n) is 4.59. The molecule has 1 aliphatic rings. The zero-order valence-electron chi connectivity index (χ0n) is 14.1. The summed E-state index contributed by atoms with van der Waals surface area (Å²) in [6, 6.07) is 11.3. The van der Waals surface area contributed by atoms with E-state index in [-0.39, 0.29) is 16.9 Å². The number of carbonyl (C=O) groups excluding carboxylic acids is 1. The molecule has 128 valence electrons. The molecule has 4 rings (SSSR count). The van der Waals surface area contributed by atoms with Gasteiger partial charge < -0.3 is 19.5 Å². The van der Waals surface area contributed by atoms with E-state index in [4.69, 9.17) is 4.74 Å². The second-order valence-corrected chi connectivity index (χ2v) is 7.02. The highest BCUT2D eigenvalue weighted by atomic mass is 32.1. The van der Waals surface area contributed by atoms with E-state index >= 15 is 0 Å². The molecule has 0 saturated heterocycles. The SMILES string of the molecule is COc1ccc2c(c1)C(=O)N(C)C(c1ccc3c(c1)sc(=O)n3C)N2. The van der Waals surface area contributed by atoms with Crippen LogP contribution in [0.25, 0.3) is 10.2 Å². The summed E-state index contributed by atoms with van der Waals surface area (Å²) in [4.78, 5) is 26.3. The number of ether oxygens (including phenoxy) is 1. The topological polar surface area (TPSA) is 63.6 Å². The van der Waals surface area contributed by atoms with Crippen molar-refractivity contribution in [3.63, 3.8) is 0 Å². The molecule has 0 bridgehead atoms. The lowest BCUT2D eigenvalue weighted by Gasteiger charge is -2.35. The van der Waals surface area contributed by atoms with E-state index in [1.54, 1.807) is 36.7 Å². The van der Waals surface area contributed by atoms with Crippen LogP contribution < -0.4 is 14.9 Å². The maximum absolute atomic E-state index is 12.8. The largest absolute Gasteiger partial charge is 0.497 e. The smallest absolute Gasteiger partial charge is 0.307 e. The fraction of sp³-hybridized carbons (Fsp3) is 0.222. The summed E-state index contributed by atoms with van der Waals surface area (Å²) < 4.78 is 7.75. The molecular weight excluding hydrogens is 338 g/mol. The molecule has 2 heterocycles. The third kappa shape index (κ3) is 2.39. The molecule has 6 nitrogen and oxygen atoms in total. The van der Waals surface area contributed by atoms with Crippen molar-refractivity contribution in [1.29, 1.82) is 0 Å². The number of methoxy groups -OCH3 is 1. The Morgan fingerprint density at radius 2 is 1.92 bits per heavy atom. The summed E-state index contributed by atoms with van der Waals surface area (Å²) in [6.45, 7) is 0. The molecule has 1 atom stereocenters. The first kappa shape index (κ1) is 15.7. The van der Waals surface area contributed by atoms with E-state index in [2.05, 4.69) is 5.32 Å². The van der Waals surface area contributed by atoms with Crippen molar-refractivity contribution in [3.8, 4) is 5.75 Å². The van der Waals surface area contributed by atoms with Gasteiger partial charge in [0.2, 0.25) is 0 Å². The van der Waals surface area contributed by atoms with Crippen LogP contribution in [-0.4, -0.2) is 29.5 Å². The first-order valence-corrected chi connectivity index (χ1v) is 8.62. The molecule has 0 saturated carbocycles. The number of thiazole rings is 1. The predicted molar refractivity (Wildman–Crippen MR) is 98.5 cm³/mol. The van der Waals surface area contributed by atoms with Gasteiger partial charge in [0.1, 0.15) is 11.9 Å². The quantitative estimate of drug-likeness (QED) is 0.768. The first-order chi connectivity index (χ1) is 12.0. The fourth-order valence-electron chi connectivity index (χ4n) is 3.13. The number of amides is 1. The standard InChI is InChI=1S/C18H17N3O3S/c1-20-14-7-4-10(8-15(14)25-18(20)23)16-19-13-6-5-11(24-3)9-12(13)17(22)21(16)2/h4-9,16,19H,1-3H3. The van der Waals surface area contributed by atoms with Crippen LogP contribution in [0.1, 0.15) is 22.1 Å². The summed E-state index contributed by atoms with van der Waals surface area (Å²) in [5.74, 6) is 0.579. The maximum atomic E-state index is 12.8. The Balaban J connectivity index is 1.78. The Bertz CT molecular complexity index is 1050. The van der Waals surface area contributed by atoms with Crippen molar-refractivity contribution in [2.75, 3.05) is 19.5 Å². The Morgan fingerprint density at radius 1 is 1.12 bits per heavy atom. The Labute approximate surface area is 148 Å². The van der Waals surface area contributed by atoms with Gasteiger partial charge in [-0.15, -0.1) is 0 Å². The molecular formula is C18H17N3O3S. The molecule has 0 aliphatic carbocycles. The highest BCUT2D eigenvalue weighted by Crippen LogP contribution is 2.35. The van der Waals surface area contributed by atoms with Gasteiger partial charge >= 0.3 is 4.87 Å². The van der Waals surface area contributed by atoms with Crippen LogP contribution in [0.3, 0.4) is 0 Å². The van der Waals surface area contributed by atoms with Crippen molar-refractivity contribution < 1.29 is 9.53 Å². The molecule has 1 unspecified atom stereocenters. The van der Waals surface area contributed by atoms with Gasteiger partial charge in [0, 0.05) is 19.8 Å². The number of nitrogens with one attached hydrogen (secondary N) is 1. The Hall–Kier alpha value is -2.80. The average molecular weight is 355 g/mol. The number of carbonyl (C=O) groups is 1. The minimum Gasteiger partial charge on any atom is -0.497 e. The van der Waals surface area contributed by atoms with Crippen LogP contribution in [0, 0.1) is 0 Å². The number of fused-ring (bicyclic) bond motifs is 2. The highest BCUT2D eigenvalue weighted by molar-refractivity contribution is 7.16. The molecule has 1 amide bonds. The van der Waals surface area contributed by atoms with E-state index < -0.39 is 0 Å². The van der Waals surface area contributed by atoms with Gasteiger partial charge in [-0.05, 0) is 35.9 Å². The minimum absolute atomic E-state index is 0.00521. The summed E-state index contributed by atoms with van der Waals surface area (Å²) in [5, 5.41) is 3.40. The summed E-state index contributed by atoms with van der Waals surface area (Å²) in [7, 11) is 5.11. The molecule has 25 heavy (non-hydrogen) atoms. The summed E-state index contributed by atoms with van der Waals surface area (Å²) in [5.41, 5.74) is 3.19. The number of nitrogens with zero attached hydrogens (tertiary/aromatic N) is 2. The van der Waals surface area contributed by atoms with Gasteiger partial charge in [0.25, 0.3) is 5.91 Å². The van der Waals surface area contributed by atoms with Crippen molar-refractivity contribution in [1.82, 2.24) is 9.47 Å². The van der Waals surface area contributed by atoms with Gasteiger partial charge in [-0.25, -0.2) is 0 Å². The Morgan fingerprint density at radius 3 is 2.68 bits per heavy atom. The van der Waals surface area contributed by atoms with Crippen LogP contribution in [0.4, 0.5) is 5.69 Å². The molecule has 7 heteroatoms. The fourth-order valence-corrected chi connectivity index (χ4v) is 4.06. The predicted octanol–water partition coefficient (Wildman–Crippen LogP) is 2.80. The number of aryl methyl sites for hydroxylation is 1. The lowest BCUT2D eigenvalue weighted by molar-refractivity contribution is 0.0735. The molecule has 1 aliphatic heterocycles. The summed E-state index contributed by atoms with van der Waals surface area (Å²) in [6.07, 6.45) is -0.291. The van der Waals surface area contributed by atoms with E-state index in [0.717, 1.165) is 21.5 Å². The van der Waals surface area contributed by atoms with Crippen LogP contribution in [0.15, 0.2) is 41.2 Å². The number of anilines is 1. The maximum Gasteiger partial charge on any atom is 0.307 e. The minimum atomic E-state index is -0.291. The molecule has 3 aromatic rings. The zero-order valence-corrected chi connectivity index (χ0v) is 14.9. The van der Waals surface area contributed by atoms with Gasteiger partial charge in [-0.1, -0.05) is 17.4 Å². The molecule has 0 radical (unpaired) electrons. The van der Waals surface area contributed by atoms with Gasteiger partial charge in [-0.2, -0.15) is 0 Å². The molecule has 1 N–H and O–H groups in total. The normalized spacial score (nSPS) is 16.7. The molecule has 0 spiro atoms. The van der Waals surface area contributed by atoms with Crippen LogP contribution >= 0.6 is 11.3 Å². The van der Waals surface area contributed by atoms with Crippen molar-refractivity contribution in [2.45, 2.75) is 6.17 Å². The molecule has 0 fully saturated rings. The van der Waals surface area contributed by atoms with Crippen molar-refractivity contribution >= 4 is 33.1 Å². The van der Waals surface area contributed by atoms with Crippen LogP contribution in [0.5, 0.6) is 5.75 Å². The van der Waals surface area contributed by atoms with Crippen molar-refractivity contribution in [2.24, 2.45) is 7.05 Å². The lowest BCUT2D eigenvalue weighted by atomic mass is 10.0. The summed E-state index contributed by atoms with van der Waals surface area (Å²) >= 11 is 1.21. The first-order valence-electron chi connectivity index (χ1n) is 7.81. The van der Waals surface area contributed by atoms with Gasteiger partial charge in [0.05, 0.1) is 22.9 Å². The number of aromatic nitrogens is 1. The molecule has 1 aromatic heterocycles. The van der Waals surface area contributed by atoms with E-state index in [1.807, 2.05) is 30.3 Å². The number of hydrogen-bond acceptors (Lipinski definition) is 5. The second kappa shape index (κ2) is 5.63. The molecule has 2 aromatic carbocycles. The average Bonchev–Trinajstić information content (AvgIpc) is 2.91. The second-order valence-electron chi connectivity index (χ2n) is 6.03. The zero-order chi connectivity index (χ0) is 17.7. The van der Waals surface area contributed by atoms with Gasteiger partial charge in [0.15, 0.2) is 0 Å². The number of rotatable bonds is 2. The monoisotopic (exact) mass is 355 g/mol. The number of hydrogen-bond donors (Lipinski definition) is 1. The van der Waals surface area contributed by atoms with E-state index in [9.17, 15) is 9.59 Å². The highest BCUT2D eigenvalue weighted by Gasteiger charge is 2.30. The Kier molecular flexibility index (Phi) is 3.54. The van der Waals surface area contributed by atoms with Crippen molar-refractivity contribution in [3.05, 3.63) is 57.2 Å². The van der Waals surface area contributed by atoms with E-state index in [1.165, 1.54) is 11.3 Å². The number of benzene rings is 2. The lowest BCUT2D eigenvalue weighted by Crippen LogP contribution is -2.40. The van der Waals surface area contributed by atoms with Gasteiger partial charge in [-0.3, -0.25) is 9.59 Å². The van der Waals surface area contributed by atoms with Crippen LogP contribution in [-0.2, 0) is 7.05 Å². The van der Waals surface area contributed by atoms with E-state index in [0.29, 0.717) is 11.3 Å².